The van der Waals surface area contributed by atoms with Gasteiger partial charge in [-0.15, -0.1) is 0 Å². The predicted molar refractivity (Wildman–Crippen MR) is 149 cm³/mol. The Labute approximate surface area is 231 Å². The summed E-state index contributed by atoms with van der Waals surface area (Å²) in [6, 6.07) is 15.1. The number of benzene rings is 2. The van der Waals surface area contributed by atoms with E-state index in [2.05, 4.69) is 10.4 Å². The van der Waals surface area contributed by atoms with Crippen LogP contribution in [0.1, 0.15) is 55.6 Å². The van der Waals surface area contributed by atoms with Crippen LogP contribution in [0.2, 0.25) is 0 Å². The van der Waals surface area contributed by atoms with Gasteiger partial charge in [-0.05, 0) is 76.1 Å². The first kappa shape index (κ1) is 27.1. The fourth-order valence-electron chi connectivity index (χ4n) is 4.75. The highest BCUT2D eigenvalue weighted by Gasteiger charge is 2.31. The van der Waals surface area contributed by atoms with Crippen molar-refractivity contribution >= 4 is 23.3 Å². The van der Waals surface area contributed by atoms with Crippen LogP contribution in [0.3, 0.4) is 0 Å². The molecule has 1 N–H and O–H groups in total. The lowest BCUT2D eigenvalue weighted by Gasteiger charge is -2.33. The highest BCUT2D eigenvalue weighted by atomic mass is 19.1. The molecule has 2 aromatic heterocycles. The number of fused-ring (bicyclic) bond motifs is 1. The molecule has 9 nitrogen and oxygen atoms in total. The van der Waals surface area contributed by atoms with Crippen LogP contribution in [0, 0.1) is 5.82 Å². The fraction of sp³-hybridized carbons (Fsp3) is 0.333. The Hall–Kier alpha value is -4.47. The summed E-state index contributed by atoms with van der Waals surface area (Å²) in [6.45, 7) is 6.48. The second-order valence-corrected chi connectivity index (χ2v) is 10.8. The zero-order valence-electron chi connectivity index (χ0n) is 23.0. The van der Waals surface area contributed by atoms with Crippen LogP contribution in [0.5, 0.6) is 5.75 Å². The van der Waals surface area contributed by atoms with Gasteiger partial charge in [0.25, 0.3) is 5.91 Å². The van der Waals surface area contributed by atoms with Gasteiger partial charge in [0.15, 0.2) is 5.65 Å². The van der Waals surface area contributed by atoms with E-state index in [1.165, 1.54) is 18.2 Å². The molecule has 0 atom stereocenters. The van der Waals surface area contributed by atoms with Gasteiger partial charge in [-0.3, -0.25) is 4.79 Å². The molecule has 1 aliphatic heterocycles. The summed E-state index contributed by atoms with van der Waals surface area (Å²) < 4.78 is 26.2. The number of nitrogens with zero attached hydrogens (tertiary/aromatic N) is 4. The standard InChI is InChI=1S/C30H32FN5O4/c1-30(2,3)40-29(38)35-14-12-20(13-15-35)27-24(28(37)32-22-7-5-6-21(31)16-22)18-36-26(33-27)17-25(34-36)19-8-10-23(39-4)11-9-19/h5-11,16-18,20H,12-15H2,1-4H3,(H,32,37). The summed E-state index contributed by atoms with van der Waals surface area (Å²) in [7, 11) is 1.61. The number of hydrogen-bond donors (Lipinski definition) is 1. The van der Waals surface area contributed by atoms with Crippen molar-refractivity contribution < 1.29 is 23.5 Å². The Morgan fingerprint density at radius 1 is 1.05 bits per heavy atom. The summed E-state index contributed by atoms with van der Waals surface area (Å²) in [5, 5.41) is 7.45. The molecule has 208 valence electrons. The highest BCUT2D eigenvalue weighted by molar-refractivity contribution is 6.05. The third-order valence-corrected chi connectivity index (χ3v) is 6.72. The summed E-state index contributed by atoms with van der Waals surface area (Å²) in [5.74, 6) is -0.193. The van der Waals surface area contributed by atoms with Gasteiger partial charge in [0.1, 0.15) is 17.2 Å². The average molecular weight is 546 g/mol. The Morgan fingerprint density at radius 3 is 2.42 bits per heavy atom. The Morgan fingerprint density at radius 2 is 1.77 bits per heavy atom. The molecule has 0 saturated carbocycles. The lowest BCUT2D eigenvalue weighted by atomic mass is 9.90. The van der Waals surface area contributed by atoms with Crippen LogP contribution < -0.4 is 10.1 Å². The van der Waals surface area contributed by atoms with E-state index in [4.69, 9.17) is 14.5 Å². The number of carbonyl (C=O) groups excluding carboxylic acids is 2. The number of likely N-dealkylation sites (tertiary alicyclic amines) is 1. The van der Waals surface area contributed by atoms with Crippen molar-refractivity contribution in [3.05, 3.63) is 77.9 Å². The van der Waals surface area contributed by atoms with Gasteiger partial charge in [0.05, 0.1) is 24.1 Å². The Kier molecular flexibility index (Phi) is 7.42. The molecule has 1 saturated heterocycles. The maximum atomic E-state index is 13.8. The number of halogens is 1. The van der Waals surface area contributed by atoms with E-state index in [0.29, 0.717) is 54.2 Å². The minimum Gasteiger partial charge on any atom is -0.497 e. The zero-order chi connectivity index (χ0) is 28.4. The summed E-state index contributed by atoms with van der Waals surface area (Å²) in [6.07, 6.45) is 2.54. The van der Waals surface area contributed by atoms with E-state index >= 15 is 0 Å². The van der Waals surface area contributed by atoms with Gasteiger partial charge in [-0.25, -0.2) is 18.7 Å². The molecular weight excluding hydrogens is 513 g/mol. The maximum absolute atomic E-state index is 13.8. The number of rotatable bonds is 5. The molecule has 0 bridgehead atoms. The average Bonchev–Trinajstić information content (AvgIpc) is 3.35. The van der Waals surface area contributed by atoms with E-state index in [9.17, 15) is 14.0 Å². The lowest BCUT2D eigenvalue weighted by molar-refractivity contribution is 0.0203. The molecule has 0 unspecified atom stereocenters. The van der Waals surface area contributed by atoms with Gasteiger partial charge >= 0.3 is 6.09 Å². The van der Waals surface area contributed by atoms with E-state index in [1.54, 1.807) is 28.8 Å². The number of amides is 2. The molecular formula is C30H32FN5O4. The first-order valence-corrected chi connectivity index (χ1v) is 13.2. The molecule has 5 rings (SSSR count). The summed E-state index contributed by atoms with van der Waals surface area (Å²) >= 11 is 0. The maximum Gasteiger partial charge on any atom is 0.410 e. The second kappa shape index (κ2) is 11.0. The third-order valence-electron chi connectivity index (χ3n) is 6.72. The van der Waals surface area contributed by atoms with Crippen molar-refractivity contribution in [2.45, 2.75) is 45.1 Å². The SMILES string of the molecule is COc1ccc(-c2cc3nc(C4CCN(C(=O)OC(C)(C)C)CC4)c(C(=O)Nc4cccc(F)c4)cn3n2)cc1. The number of aromatic nitrogens is 3. The van der Waals surface area contributed by atoms with Crippen LogP contribution in [0.25, 0.3) is 16.9 Å². The number of methoxy groups -OCH3 is 1. The summed E-state index contributed by atoms with van der Waals surface area (Å²) in [4.78, 5) is 32.7. The van der Waals surface area contributed by atoms with E-state index < -0.39 is 17.3 Å². The molecule has 0 spiro atoms. The Bertz CT molecular complexity index is 1540. The van der Waals surface area contributed by atoms with Crippen molar-refractivity contribution in [1.29, 1.82) is 0 Å². The number of carbonyl (C=O) groups is 2. The van der Waals surface area contributed by atoms with Gasteiger partial charge in [0, 0.05) is 42.5 Å². The van der Waals surface area contributed by atoms with Crippen LogP contribution in [0.15, 0.2) is 60.8 Å². The topological polar surface area (TPSA) is 98.1 Å². The smallest absolute Gasteiger partial charge is 0.410 e. The number of ether oxygens (including phenoxy) is 2. The molecule has 0 radical (unpaired) electrons. The van der Waals surface area contributed by atoms with E-state index in [-0.39, 0.29) is 12.0 Å². The molecule has 40 heavy (non-hydrogen) atoms. The largest absolute Gasteiger partial charge is 0.497 e. The first-order chi connectivity index (χ1) is 19.1. The van der Waals surface area contributed by atoms with E-state index in [0.717, 1.165) is 11.3 Å². The van der Waals surface area contributed by atoms with Crippen molar-refractivity contribution in [2.75, 3.05) is 25.5 Å². The number of hydrogen-bond acceptors (Lipinski definition) is 6. The molecule has 2 aromatic carbocycles. The first-order valence-electron chi connectivity index (χ1n) is 13.2. The third kappa shape index (κ3) is 6.06. The normalized spacial score (nSPS) is 14.3. The monoisotopic (exact) mass is 545 g/mol. The molecule has 1 fully saturated rings. The number of nitrogens with one attached hydrogen (secondary N) is 1. The number of anilines is 1. The lowest BCUT2D eigenvalue weighted by Crippen LogP contribution is -2.41. The van der Waals surface area contributed by atoms with Crippen LogP contribution in [0.4, 0.5) is 14.9 Å². The van der Waals surface area contributed by atoms with E-state index in [1.807, 2.05) is 51.1 Å². The minimum atomic E-state index is -0.577. The van der Waals surface area contributed by atoms with Gasteiger partial charge in [0.2, 0.25) is 0 Å². The van der Waals surface area contributed by atoms with Gasteiger partial charge in [-0.2, -0.15) is 5.10 Å². The molecule has 10 heteroatoms. The van der Waals surface area contributed by atoms with Gasteiger partial charge < -0.3 is 19.7 Å². The van der Waals surface area contributed by atoms with Crippen molar-refractivity contribution in [3.63, 3.8) is 0 Å². The molecule has 1 aliphatic rings. The zero-order valence-corrected chi connectivity index (χ0v) is 23.0. The summed E-state index contributed by atoms with van der Waals surface area (Å²) in [5.41, 5.74) is 2.90. The highest BCUT2D eigenvalue weighted by Crippen LogP contribution is 2.32. The quantitative estimate of drug-likeness (QED) is 0.335. The molecule has 4 aromatic rings. The Balaban J connectivity index is 1.47. The minimum absolute atomic E-state index is 0.0729. The van der Waals surface area contributed by atoms with Crippen molar-refractivity contribution in [3.8, 4) is 17.0 Å². The molecule has 2 amide bonds. The van der Waals surface area contributed by atoms with Crippen LogP contribution in [-0.4, -0.2) is 57.3 Å². The van der Waals surface area contributed by atoms with Crippen LogP contribution >= 0.6 is 0 Å². The van der Waals surface area contributed by atoms with Crippen LogP contribution in [-0.2, 0) is 4.74 Å². The van der Waals surface area contributed by atoms with Crippen molar-refractivity contribution in [2.24, 2.45) is 0 Å². The van der Waals surface area contributed by atoms with Crippen molar-refractivity contribution in [1.82, 2.24) is 19.5 Å². The second-order valence-electron chi connectivity index (χ2n) is 10.8. The fourth-order valence-corrected chi connectivity index (χ4v) is 4.75. The number of piperidine rings is 1. The van der Waals surface area contributed by atoms with Gasteiger partial charge in [-0.1, -0.05) is 6.07 Å². The molecule has 0 aliphatic carbocycles. The predicted octanol–water partition coefficient (Wildman–Crippen LogP) is 5.91. The molecule has 3 heterocycles.